The van der Waals surface area contributed by atoms with Gasteiger partial charge in [0.2, 0.25) is 0 Å². The van der Waals surface area contributed by atoms with Crippen LogP contribution >= 0.6 is 11.3 Å². The predicted octanol–water partition coefficient (Wildman–Crippen LogP) is 4.07. The standard InChI is InChI=1S/C18H14N6O2S/c1-26-18(25)21-12-6-9-20-15(10-12)24-17-23-14-3-2-13(22-16(14)27-17)11-4-7-19-8-5-11/h2-10H,1H3,(H2,20,21,23,24,25). The fourth-order valence-electron chi connectivity index (χ4n) is 2.41. The van der Waals surface area contributed by atoms with Crippen molar-refractivity contribution in [3.8, 4) is 11.3 Å². The van der Waals surface area contributed by atoms with Gasteiger partial charge in [0.1, 0.15) is 16.2 Å². The summed E-state index contributed by atoms with van der Waals surface area (Å²) >= 11 is 1.42. The molecule has 1 amide bonds. The van der Waals surface area contributed by atoms with E-state index in [0.29, 0.717) is 16.6 Å². The monoisotopic (exact) mass is 378 g/mol. The van der Waals surface area contributed by atoms with Gasteiger partial charge in [0, 0.05) is 35.9 Å². The molecule has 0 unspecified atom stereocenters. The van der Waals surface area contributed by atoms with Gasteiger partial charge in [-0.05, 0) is 30.3 Å². The van der Waals surface area contributed by atoms with Gasteiger partial charge in [-0.2, -0.15) is 0 Å². The van der Waals surface area contributed by atoms with Crippen LogP contribution in [-0.4, -0.2) is 33.1 Å². The molecule has 8 nitrogen and oxygen atoms in total. The highest BCUT2D eigenvalue weighted by Gasteiger charge is 2.09. The fourth-order valence-corrected chi connectivity index (χ4v) is 3.25. The van der Waals surface area contributed by atoms with Crippen molar-refractivity contribution in [1.29, 1.82) is 0 Å². The maximum absolute atomic E-state index is 11.3. The minimum atomic E-state index is -0.542. The van der Waals surface area contributed by atoms with Crippen LogP contribution in [0.3, 0.4) is 0 Å². The molecule has 0 aliphatic rings. The van der Waals surface area contributed by atoms with Crippen molar-refractivity contribution in [2.75, 3.05) is 17.7 Å². The molecule has 27 heavy (non-hydrogen) atoms. The lowest BCUT2D eigenvalue weighted by atomic mass is 10.2. The number of thiazole rings is 1. The Labute approximate surface area is 158 Å². The van der Waals surface area contributed by atoms with E-state index in [1.165, 1.54) is 18.4 Å². The molecule has 4 heterocycles. The molecule has 0 spiro atoms. The lowest BCUT2D eigenvalue weighted by molar-refractivity contribution is 0.187. The van der Waals surface area contributed by atoms with Crippen LogP contribution in [0.25, 0.3) is 21.6 Å². The first-order valence-corrected chi connectivity index (χ1v) is 8.79. The number of methoxy groups -OCH3 is 1. The first-order chi connectivity index (χ1) is 13.2. The van der Waals surface area contributed by atoms with E-state index in [0.717, 1.165) is 21.6 Å². The molecular formula is C18H14N6O2S. The number of aromatic nitrogens is 4. The molecule has 0 fully saturated rings. The molecule has 0 saturated carbocycles. The maximum atomic E-state index is 11.3. The summed E-state index contributed by atoms with van der Waals surface area (Å²) in [7, 11) is 1.31. The van der Waals surface area contributed by atoms with Gasteiger partial charge in [0.15, 0.2) is 5.13 Å². The summed E-state index contributed by atoms with van der Waals surface area (Å²) in [5.74, 6) is 0.553. The highest BCUT2D eigenvalue weighted by molar-refractivity contribution is 7.21. The smallest absolute Gasteiger partial charge is 0.411 e. The zero-order valence-corrected chi connectivity index (χ0v) is 15.0. The number of rotatable bonds is 4. The first-order valence-electron chi connectivity index (χ1n) is 7.97. The molecule has 0 saturated heterocycles. The molecule has 134 valence electrons. The Kier molecular flexibility index (Phi) is 4.58. The summed E-state index contributed by atoms with van der Waals surface area (Å²) < 4.78 is 4.59. The molecule has 0 aliphatic carbocycles. The molecule has 0 bridgehead atoms. The van der Waals surface area contributed by atoms with E-state index in [-0.39, 0.29) is 0 Å². The maximum Gasteiger partial charge on any atom is 0.411 e. The van der Waals surface area contributed by atoms with Crippen LogP contribution in [0.15, 0.2) is 55.0 Å². The minimum absolute atomic E-state index is 0.542. The van der Waals surface area contributed by atoms with Crippen molar-refractivity contribution in [3.63, 3.8) is 0 Å². The molecule has 4 aromatic heterocycles. The third-order valence-corrected chi connectivity index (χ3v) is 4.54. The number of anilines is 3. The third-order valence-electron chi connectivity index (χ3n) is 3.66. The van der Waals surface area contributed by atoms with E-state index in [1.807, 2.05) is 24.3 Å². The second kappa shape index (κ2) is 7.34. The normalized spacial score (nSPS) is 10.6. The number of nitrogens with one attached hydrogen (secondary N) is 2. The SMILES string of the molecule is COC(=O)Nc1ccnc(Nc2nc3ccc(-c4ccncc4)nc3s2)c1. The lowest BCUT2D eigenvalue weighted by Gasteiger charge is -2.05. The lowest BCUT2D eigenvalue weighted by Crippen LogP contribution is -2.11. The Hall–Kier alpha value is -3.59. The van der Waals surface area contributed by atoms with Crippen molar-refractivity contribution in [2.45, 2.75) is 0 Å². The van der Waals surface area contributed by atoms with E-state index in [2.05, 4.69) is 35.3 Å². The number of carbonyl (C=O) groups is 1. The summed E-state index contributed by atoms with van der Waals surface area (Å²) in [6.07, 6.45) is 4.52. The molecule has 9 heteroatoms. The molecule has 0 radical (unpaired) electrons. The van der Waals surface area contributed by atoms with Gasteiger partial charge in [0.05, 0.1) is 12.8 Å². The summed E-state index contributed by atoms with van der Waals surface area (Å²) in [6, 6.07) is 11.1. The topological polar surface area (TPSA) is 102 Å². The van der Waals surface area contributed by atoms with Crippen LogP contribution in [-0.2, 0) is 4.74 Å². The zero-order valence-electron chi connectivity index (χ0n) is 14.2. The van der Waals surface area contributed by atoms with E-state index in [1.54, 1.807) is 30.7 Å². The summed E-state index contributed by atoms with van der Waals surface area (Å²) in [5, 5.41) is 6.39. The van der Waals surface area contributed by atoms with Crippen LogP contribution < -0.4 is 10.6 Å². The van der Waals surface area contributed by atoms with E-state index in [4.69, 9.17) is 0 Å². The average Bonchev–Trinajstić information content (AvgIpc) is 3.10. The average molecular weight is 378 g/mol. The Morgan fingerprint density at radius 1 is 1.07 bits per heavy atom. The van der Waals surface area contributed by atoms with Crippen molar-refractivity contribution in [1.82, 2.24) is 19.9 Å². The Bertz CT molecular complexity index is 1100. The summed E-state index contributed by atoms with van der Waals surface area (Å²) in [6.45, 7) is 0. The van der Waals surface area contributed by atoms with Crippen LogP contribution in [0.2, 0.25) is 0 Å². The fraction of sp³-hybridized carbons (Fsp3) is 0.0556. The number of amides is 1. The highest BCUT2D eigenvalue weighted by atomic mass is 32.1. The molecular weight excluding hydrogens is 364 g/mol. The molecule has 0 atom stereocenters. The second-order valence-electron chi connectivity index (χ2n) is 5.45. The highest BCUT2D eigenvalue weighted by Crippen LogP contribution is 2.29. The summed E-state index contributed by atoms with van der Waals surface area (Å²) in [5.41, 5.74) is 3.23. The van der Waals surface area contributed by atoms with Crippen molar-refractivity contribution in [2.24, 2.45) is 0 Å². The first kappa shape index (κ1) is 16.9. The number of carbonyl (C=O) groups excluding carboxylic acids is 1. The van der Waals surface area contributed by atoms with Crippen molar-refractivity contribution in [3.05, 3.63) is 55.0 Å². The largest absolute Gasteiger partial charge is 0.453 e. The van der Waals surface area contributed by atoms with Crippen LogP contribution in [0.4, 0.5) is 21.4 Å². The number of ether oxygens (including phenoxy) is 1. The van der Waals surface area contributed by atoms with E-state index in [9.17, 15) is 4.79 Å². The zero-order chi connectivity index (χ0) is 18.6. The number of nitrogens with zero attached hydrogens (tertiary/aromatic N) is 4. The van der Waals surface area contributed by atoms with Gasteiger partial charge in [-0.15, -0.1) is 0 Å². The Balaban J connectivity index is 1.58. The Morgan fingerprint density at radius 3 is 2.74 bits per heavy atom. The van der Waals surface area contributed by atoms with Gasteiger partial charge in [-0.1, -0.05) is 11.3 Å². The Morgan fingerprint density at radius 2 is 1.93 bits per heavy atom. The van der Waals surface area contributed by atoms with E-state index >= 15 is 0 Å². The third kappa shape index (κ3) is 3.82. The summed E-state index contributed by atoms with van der Waals surface area (Å²) in [4.78, 5) is 29.6. The van der Waals surface area contributed by atoms with Crippen LogP contribution in [0.5, 0.6) is 0 Å². The van der Waals surface area contributed by atoms with Gasteiger partial charge in [0.25, 0.3) is 0 Å². The molecule has 2 N–H and O–H groups in total. The quantitative estimate of drug-likeness (QED) is 0.552. The van der Waals surface area contributed by atoms with Crippen molar-refractivity contribution < 1.29 is 9.53 Å². The molecule has 4 aromatic rings. The second-order valence-corrected chi connectivity index (χ2v) is 6.42. The van der Waals surface area contributed by atoms with Gasteiger partial charge >= 0.3 is 6.09 Å². The molecule has 0 aliphatic heterocycles. The van der Waals surface area contributed by atoms with Crippen LogP contribution in [0.1, 0.15) is 0 Å². The van der Waals surface area contributed by atoms with Gasteiger partial charge in [-0.25, -0.2) is 19.7 Å². The number of hydrogen-bond donors (Lipinski definition) is 2. The van der Waals surface area contributed by atoms with Gasteiger partial charge in [-0.3, -0.25) is 10.3 Å². The van der Waals surface area contributed by atoms with Crippen LogP contribution in [0, 0.1) is 0 Å². The number of hydrogen-bond acceptors (Lipinski definition) is 8. The number of fused-ring (bicyclic) bond motifs is 1. The van der Waals surface area contributed by atoms with Crippen molar-refractivity contribution >= 4 is 44.4 Å². The number of pyridine rings is 3. The predicted molar refractivity (Wildman–Crippen MR) is 104 cm³/mol. The minimum Gasteiger partial charge on any atom is -0.453 e. The molecule has 0 aromatic carbocycles. The van der Waals surface area contributed by atoms with E-state index < -0.39 is 6.09 Å². The molecule has 4 rings (SSSR count). The van der Waals surface area contributed by atoms with Gasteiger partial charge < -0.3 is 10.1 Å².